The van der Waals surface area contributed by atoms with Crippen LogP contribution in [0.1, 0.15) is 43.4 Å². The van der Waals surface area contributed by atoms with Crippen LogP contribution in [-0.2, 0) is 23.8 Å². The van der Waals surface area contributed by atoms with E-state index in [-0.39, 0.29) is 17.4 Å². The molecule has 0 radical (unpaired) electrons. The zero-order chi connectivity index (χ0) is 18.5. The van der Waals surface area contributed by atoms with Gasteiger partial charge in [0, 0.05) is 70.9 Å². The van der Waals surface area contributed by atoms with Crippen LogP contribution in [0.4, 0.5) is 4.79 Å². The zero-order valence-corrected chi connectivity index (χ0v) is 16.1. The highest BCUT2D eigenvalue weighted by molar-refractivity contribution is 5.77. The van der Waals surface area contributed by atoms with Gasteiger partial charge in [-0.2, -0.15) is 5.10 Å². The molecular weight excluding hydrogens is 330 g/mol. The van der Waals surface area contributed by atoms with Gasteiger partial charge in [0.15, 0.2) is 0 Å². The number of hydrogen-bond acceptors (Lipinski definition) is 3. The summed E-state index contributed by atoms with van der Waals surface area (Å²) in [4.78, 5) is 30.7. The van der Waals surface area contributed by atoms with E-state index < -0.39 is 0 Å². The van der Waals surface area contributed by atoms with Crippen LogP contribution < -0.4 is 0 Å². The Balaban J connectivity index is 1.55. The molecule has 0 bridgehead atoms. The highest BCUT2D eigenvalue weighted by atomic mass is 16.2. The second kappa shape index (κ2) is 6.28. The fraction of sp³-hybridized carbons (Fsp3) is 0.737. The molecule has 142 valence electrons. The summed E-state index contributed by atoms with van der Waals surface area (Å²) in [6.45, 7) is 2.86. The maximum absolute atomic E-state index is 12.8. The lowest BCUT2D eigenvalue weighted by Gasteiger charge is -2.47. The first-order chi connectivity index (χ1) is 12.4. The molecule has 7 nitrogen and oxygen atoms in total. The van der Waals surface area contributed by atoms with Gasteiger partial charge >= 0.3 is 6.03 Å². The first kappa shape index (κ1) is 17.4. The zero-order valence-electron chi connectivity index (χ0n) is 16.1. The van der Waals surface area contributed by atoms with Crippen LogP contribution in [0.25, 0.3) is 0 Å². The largest absolute Gasteiger partial charge is 0.337 e. The van der Waals surface area contributed by atoms with E-state index in [2.05, 4.69) is 6.20 Å². The molecule has 0 aromatic carbocycles. The third-order valence-electron chi connectivity index (χ3n) is 6.15. The third kappa shape index (κ3) is 3.08. The SMILES string of the molecule is CN(C)C(=O)N1CCC2(CC1)CN(C(=O)CC1CC1)Cc1cn(C)nc12. The molecule has 3 amide bonds. The van der Waals surface area contributed by atoms with E-state index >= 15 is 0 Å². The standard InChI is InChI=1S/C19H29N5O2/c1-21(2)18(26)23-8-6-19(7-9-23)13-24(16(25)10-14-4-5-14)12-15-11-22(3)20-17(15)19/h11,14H,4-10,12-13H2,1-3H3. The van der Waals surface area contributed by atoms with Gasteiger partial charge in [-0.3, -0.25) is 9.48 Å². The Labute approximate surface area is 154 Å². The number of rotatable bonds is 2. The van der Waals surface area contributed by atoms with Crippen LogP contribution in [0.15, 0.2) is 6.20 Å². The van der Waals surface area contributed by atoms with Crippen molar-refractivity contribution >= 4 is 11.9 Å². The van der Waals surface area contributed by atoms with Crippen molar-refractivity contribution in [3.63, 3.8) is 0 Å². The molecule has 26 heavy (non-hydrogen) atoms. The van der Waals surface area contributed by atoms with Gasteiger partial charge in [0.2, 0.25) is 5.91 Å². The molecule has 0 atom stereocenters. The van der Waals surface area contributed by atoms with Gasteiger partial charge in [0.05, 0.1) is 5.69 Å². The van der Waals surface area contributed by atoms with Crippen LogP contribution in [0.5, 0.6) is 0 Å². The van der Waals surface area contributed by atoms with Crippen molar-refractivity contribution in [1.82, 2.24) is 24.5 Å². The molecule has 2 aliphatic heterocycles. The van der Waals surface area contributed by atoms with Crippen LogP contribution >= 0.6 is 0 Å². The lowest BCUT2D eigenvalue weighted by Crippen LogP contribution is -2.55. The topological polar surface area (TPSA) is 61.7 Å². The van der Waals surface area contributed by atoms with Crippen molar-refractivity contribution in [3.05, 3.63) is 17.5 Å². The minimum Gasteiger partial charge on any atom is -0.337 e. The Morgan fingerprint density at radius 3 is 2.54 bits per heavy atom. The summed E-state index contributed by atoms with van der Waals surface area (Å²) in [6.07, 6.45) is 6.88. The number of aromatic nitrogens is 2. The number of hydrogen-bond donors (Lipinski definition) is 0. The minimum absolute atomic E-state index is 0.0681. The van der Waals surface area contributed by atoms with Crippen LogP contribution in [0.2, 0.25) is 0 Å². The maximum atomic E-state index is 12.8. The smallest absolute Gasteiger partial charge is 0.319 e. The Hall–Kier alpha value is -2.05. The van der Waals surface area contributed by atoms with Gasteiger partial charge in [0.25, 0.3) is 0 Å². The molecular formula is C19H29N5O2. The second-order valence-corrected chi connectivity index (χ2v) is 8.52. The van der Waals surface area contributed by atoms with E-state index in [9.17, 15) is 9.59 Å². The van der Waals surface area contributed by atoms with E-state index in [1.807, 2.05) is 21.5 Å². The molecule has 0 N–H and O–H groups in total. The monoisotopic (exact) mass is 359 g/mol. The summed E-state index contributed by atoms with van der Waals surface area (Å²) in [5.74, 6) is 0.890. The molecule has 1 aromatic heterocycles. The van der Waals surface area contributed by atoms with Crippen molar-refractivity contribution in [2.45, 2.75) is 44.1 Å². The minimum atomic E-state index is -0.114. The number of amides is 3. The van der Waals surface area contributed by atoms with Gasteiger partial charge < -0.3 is 14.7 Å². The van der Waals surface area contributed by atoms with Crippen molar-refractivity contribution in [1.29, 1.82) is 0 Å². The van der Waals surface area contributed by atoms with Crippen LogP contribution in [0.3, 0.4) is 0 Å². The Morgan fingerprint density at radius 2 is 1.92 bits per heavy atom. The average molecular weight is 359 g/mol. The van der Waals surface area contributed by atoms with E-state index in [1.165, 1.54) is 18.4 Å². The Bertz CT molecular complexity index is 714. The van der Waals surface area contributed by atoms with Crippen molar-refractivity contribution in [2.24, 2.45) is 13.0 Å². The molecule has 1 spiro atoms. The first-order valence-corrected chi connectivity index (χ1v) is 9.65. The van der Waals surface area contributed by atoms with Crippen LogP contribution in [0, 0.1) is 5.92 Å². The summed E-state index contributed by atoms with van der Waals surface area (Å²) in [6, 6.07) is 0.0681. The van der Waals surface area contributed by atoms with Gasteiger partial charge in [-0.1, -0.05) is 0 Å². The van der Waals surface area contributed by atoms with Crippen molar-refractivity contribution in [2.75, 3.05) is 33.7 Å². The number of aryl methyl sites for hydroxylation is 1. The molecule has 3 aliphatic rings. The number of carbonyl (C=O) groups is 2. The molecule has 1 aromatic rings. The highest BCUT2D eigenvalue weighted by Crippen LogP contribution is 2.42. The summed E-state index contributed by atoms with van der Waals surface area (Å²) in [5.41, 5.74) is 2.21. The molecule has 7 heteroatoms. The lowest BCUT2D eigenvalue weighted by atomic mass is 9.72. The fourth-order valence-electron chi connectivity index (χ4n) is 4.48. The Kier molecular flexibility index (Phi) is 4.20. The molecule has 1 saturated carbocycles. The average Bonchev–Trinajstić information content (AvgIpc) is 3.33. The van der Waals surface area contributed by atoms with E-state index in [1.54, 1.807) is 19.0 Å². The summed E-state index contributed by atoms with van der Waals surface area (Å²) in [5, 5.41) is 4.77. The first-order valence-electron chi connectivity index (χ1n) is 9.65. The predicted octanol–water partition coefficient (Wildman–Crippen LogP) is 1.58. The maximum Gasteiger partial charge on any atom is 0.319 e. The van der Waals surface area contributed by atoms with Gasteiger partial charge in [0.1, 0.15) is 0 Å². The molecule has 2 fully saturated rings. The fourth-order valence-corrected chi connectivity index (χ4v) is 4.48. The third-order valence-corrected chi connectivity index (χ3v) is 6.15. The van der Waals surface area contributed by atoms with Crippen molar-refractivity contribution in [3.8, 4) is 0 Å². The number of urea groups is 1. The summed E-state index contributed by atoms with van der Waals surface area (Å²) < 4.78 is 1.87. The summed E-state index contributed by atoms with van der Waals surface area (Å²) in [7, 11) is 5.54. The van der Waals surface area contributed by atoms with Gasteiger partial charge in [-0.25, -0.2) is 4.79 Å². The van der Waals surface area contributed by atoms with Crippen molar-refractivity contribution < 1.29 is 9.59 Å². The normalized spacial score (nSPS) is 21.7. The molecule has 4 rings (SSSR count). The molecule has 1 saturated heterocycles. The number of piperidine rings is 1. The molecule has 1 aliphatic carbocycles. The van der Waals surface area contributed by atoms with E-state index in [4.69, 9.17) is 5.10 Å². The quantitative estimate of drug-likeness (QED) is 0.805. The number of likely N-dealkylation sites (tertiary alicyclic amines) is 1. The lowest BCUT2D eigenvalue weighted by molar-refractivity contribution is -0.134. The Morgan fingerprint density at radius 1 is 1.23 bits per heavy atom. The molecule has 3 heterocycles. The van der Waals surface area contributed by atoms with Crippen LogP contribution in [-0.4, -0.2) is 70.1 Å². The predicted molar refractivity (Wildman–Crippen MR) is 97.5 cm³/mol. The van der Waals surface area contributed by atoms with Gasteiger partial charge in [-0.05, 0) is 31.6 Å². The number of nitrogens with zero attached hydrogens (tertiary/aromatic N) is 5. The number of fused-ring (bicyclic) bond motifs is 2. The number of carbonyl (C=O) groups excluding carboxylic acids is 2. The summed E-state index contributed by atoms with van der Waals surface area (Å²) >= 11 is 0. The second-order valence-electron chi connectivity index (χ2n) is 8.52. The highest BCUT2D eigenvalue weighted by Gasteiger charge is 2.46. The van der Waals surface area contributed by atoms with Gasteiger partial charge in [-0.15, -0.1) is 0 Å². The van der Waals surface area contributed by atoms with E-state index in [0.29, 0.717) is 18.9 Å². The molecule has 0 unspecified atom stereocenters. The van der Waals surface area contributed by atoms with E-state index in [0.717, 1.165) is 38.2 Å².